The van der Waals surface area contributed by atoms with E-state index in [-0.39, 0.29) is 29.4 Å². The SMILES string of the molecule is COc1ccc(Br)cc1[C@@H]1CC(=O)NC2=C1C(=O)CC(C)(C)C2. The van der Waals surface area contributed by atoms with E-state index in [1.54, 1.807) is 7.11 Å². The van der Waals surface area contributed by atoms with Gasteiger partial charge in [0, 0.05) is 40.1 Å². The van der Waals surface area contributed by atoms with Crippen molar-refractivity contribution in [2.75, 3.05) is 7.11 Å². The van der Waals surface area contributed by atoms with E-state index >= 15 is 0 Å². The monoisotopic (exact) mass is 377 g/mol. The van der Waals surface area contributed by atoms with E-state index in [1.165, 1.54) is 0 Å². The second-order valence-corrected chi connectivity index (χ2v) is 7.94. The van der Waals surface area contributed by atoms with Crippen LogP contribution in [-0.2, 0) is 9.59 Å². The Kier molecular flexibility index (Phi) is 4.08. The number of allylic oxidation sites excluding steroid dienone is 2. The number of Topliss-reactive ketones (excluding diaryl/α,β-unsaturated/α-hetero) is 1. The molecule has 23 heavy (non-hydrogen) atoms. The Morgan fingerprint density at radius 2 is 2.00 bits per heavy atom. The summed E-state index contributed by atoms with van der Waals surface area (Å²) in [5.41, 5.74) is 2.30. The summed E-state index contributed by atoms with van der Waals surface area (Å²) in [7, 11) is 1.61. The minimum Gasteiger partial charge on any atom is -0.496 e. The van der Waals surface area contributed by atoms with Gasteiger partial charge in [0.05, 0.1) is 7.11 Å². The van der Waals surface area contributed by atoms with Crippen molar-refractivity contribution >= 4 is 27.6 Å². The molecule has 1 amide bonds. The van der Waals surface area contributed by atoms with Crippen LogP contribution in [0.2, 0.25) is 0 Å². The van der Waals surface area contributed by atoms with Crippen LogP contribution in [0.4, 0.5) is 0 Å². The molecule has 122 valence electrons. The number of carbonyl (C=O) groups excluding carboxylic acids is 2. The summed E-state index contributed by atoms with van der Waals surface area (Å²) >= 11 is 3.47. The molecule has 0 saturated carbocycles. The third-order valence-electron chi connectivity index (χ3n) is 4.52. The van der Waals surface area contributed by atoms with E-state index in [0.717, 1.165) is 21.3 Å². The summed E-state index contributed by atoms with van der Waals surface area (Å²) in [5.74, 6) is 0.553. The Bertz CT molecular complexity index is 721. The van der Waals surface area contributed by atoms with Crippen molar-refractivity contribution in [1.82, 2.24) is 5.32 Å². The number of benzene rings is 1. The van der Waals surface area contributed by atoms with Crippen molar-refractivity contribution < 1.29 is 14.3 Å². The van der Waals surface area contributed by atoms with Gasteiger partial charge in [0.1, 0.15) is 5.75 Å². The Labute approximate surface area is 144 Å². The Balaban J connectivity index is 2.14. The van der Waals surface area contributed by atoms with Gasteiger partial charge in [-0.3, -0.25) is 9.59 Å². The lowest BCUT2D eigenvalue weighted by Gasteiger charge is -2.38. The molecule has 0 bridgehead atoms. The lowest BCUT2D eigenvalue weighted by Crippen LogP contribution is -2.40. The molecule has 0 radical (unpaired) electrons. The van der Waals surface area contributed by atoms with Crippen LogP contribution in [0.25, 0.3) is 0 Å². The van der Waals surface area contributed by atoms with Crippen molar-refractivity contribution in [3.8, 4) is 5.75 Å². The molecule has 3 rings (SSSR count). The Hall–Kier alpha value is -1.62. The molecule has 4 nitrogen and oxygen atoms in total. The third-order valence-corrected chi connectivity index (χ3v) is 5.01. The largest absolute Gasteiger partial charge is 0.496 e. The second kappa shape index (κ2) is 5.78. The van der Waals surface area contributed by atoms with E-state index in [1.807, 2.05) is 18.2 Å². The van der Waals surface area contributed by atoms with Gasteiger partial charge in [0.2, 0.25) is 5.91 Å². The number of hydrogen-bond donors (Lipinski definition) is 1. The van der Waals surface area contributed by atoms with Crippen LogP contribution in [0, 0.1) is 5.41 Å². The van der Waals surface area contributed by atoms with Gasteiger partial charge in [-0.2, -0.15) is 0 Å². The molecule has 1 atom stereocenters. The molecule has 0 saturated heterocycles. The number of methoxy groups -OCH3 is 1. The van der Waals surface area contributed by atoms with Crippen molar-refractivity contribution in [3.05, 3.63) is 39.5 Å². The number of ketones is 1. The second-order valence-electron chi connectivity index (χ2n) is 7.02. The van der Waals surface area contributed by atoms with Crippen LogP contribution in [0.15, 0.2) is 33.9 Å². The maximum absolute atomic E-state index is 12.8. The number of nitrogens with one attached hydrogen (secondary N) is 1. The number of hydrogen-bond acceptors (Lipinski definition) is 3. The number of amides is 1. The van der Waals surface area contributed by atoms with E-state index in [0.29, 0.717) is 18.6 Å². The van der Waals surface area contributed by atoms with Gasteiger partial charge in [-0.1, -0.05) is 29.8 Å². The van der Waals surface area contributed by atoms with Gasteiger partial charge in [0.15, 0.2) is 5.78 Å². The summed E-state index contributed by atoms with van der Waals surface area (Å²) in [6, 6.07) is 5.70. The van der Waals surface area contributed by atoms with Crippen molar-refractivity contribution in [3.63, 3.8) is 0 Å². The first-order valence-corrected chi connectivity index (χ1v) is 8.49. The van der Waals surface area contributed by atoms with Gasteiger partial charge in [-0.05, 0) is 30.0 Å². The number of halogens is 1. The molecule has 2 aliphatic rings. The number of carbonyl (C=O) groups is 2. The smallest absolute Gasteiger partial charge is 0.225 e. The van der Waals surface area contributed by atoms with E-state index < -0.39 is 0 Å². The molecule has 0 spiro atoms. The topological polar surface area (TPSA) is 55.4 Å². The van der Waals surface area contributed by atoms with E-state index in [4.69, 9.17) is 4.74 Å². The molecule has 0 fully saturated rings. The fourth-order valence-electron chi connectivity index (χ4n) is 3.60. The molecule has 5 heteroatoms. The van der Waals surface area contributed by atoms with Crippen molar-refractivity contribution in [2.45, 2.75) is 39.0 Å². The summed E-state index contributed by atoms with van der Waals surface area (Å²) in [6.07, 6.45) is 1.50. The third kappa shape index (κ3) is 3.07. The first kappa shape index (κ1) is 16.2. The highest BCUT2D eigenvalue weighted by molar-refractivity contribution is 9.10. The normalized spacial score (nSPS) is 23.4. The molecule has 0 aromatic heterocycles. The zero-order valence-electron chi connectivity index (χ0n) is 13.5. The van der Waals surface area contributed by atoms with Gasteiger partial charge in [-0.15, -0.1) is 0 Å². The Morgan fingerprint density at radius 1 is 1.26 bits per heavy atom. The minimum absolute atomic E-state index is 0.0405. The average Bonchev–Trinajstić information content (AvgIpc) is 2.44. The molecule has 1 aliphatic carbocycles. The zero-order valence-corrected chi connectivity index (χ0v) is 15.1. The standard InChI is InChI=1S/C18H20BrNO3/c1-18(2)8-13-17(14(21)9-18)12(7-16(22)20-13)11-6-10(19)4-5-15(11)23-3/h4-6,12H,7-9H2,1-3H3,(H,20,22)/t12-/m0/s1. The predicted octanol–water partition coefficient (Wildman–Crippen LogP) is 3.70. The Morgan fingerprint density at radius 3 is 2.70 bits per heavy atom. The molecule has 1 aliphatic heterocycles. The number of rotatable bonds is 2. The first-order chi connectivity index (χ1) is 10.8. The molecule has 1 N–H and O–H groups in total. The summed E-state index contributed by atoms with van der Waals surface area (Å²) in [5, 5.41) is 2.92. The van der Waals surface area contributed by atoms with Gasteiger partial charge in [-0.25, -0.2) is 0 Å². The fraction of sp³-hybridized carbons (Fsp3) is 0.444. The van der Waals surface area contributed by atoms with Crippen LogP contribution >= 0.6 is 15.9 Å². The van der Waals surface area contributed by atoms with Gasteiger partial charge >= 0.3 is 0 Å². The van der Waals surface area contributed by atoms with Crippen LogP contribution in [0.1, 0.15) is 44.6 Å². The molecule has 1 aromatic rings. The summed E-state index contributed by atoms with van der Waals surface area (Å²) in [4.78, 5) is 25.0. The maximum Gasteiger partial charge on any atom is 0.225 e. The van der Waals surface area contributed by atoms with Crippen LogP contribution < -0.4 is 10.1 Å². The minimum atomic E-state index is -0.241. The van der Waals surface area contributed by atoms with Crippen molar-refractivity contribution in [2.24, 2.45) is 5.41 Å². The lowest BCUT2D eigenvalue weighted by molar-refractivity contribution is -0.122. The zero-order chi connectivity index (χ0) is 16.8. The highest BCUT2D eigenvalue weighted by Gasteiger charge is 2.41. The summed E-state index contributed by atoms with van der Waals surface area (Å²) in [6.45, 7) is 4.12. The average molecular weight is 378 g/mol. The molecule has 0 unspecified atom stereocenters. The van der Waals surface area contributed by atoms with Crippen LogP contribution in [0.3, 0.4) is 0 Å². The molecular formula is C18H20BrNO3. The number of ether oxygens (including phenoxy) is 1. The highest BCUT2D eigenvalue weighted by Crippen LogP contribution is 2.46. The van der Waals surface area contributed by atoms with Crippen molar-refractivity contribution in [1.29, 1.82) is 0 Å². The highest BCUT2D eigenvalue weighted by atomic mass is 79.9. The van der Waals surface area contributed by atoms with Gasteiger partial charge < -0.3 is 10.1 Å². The first-order valence-electron chi connectivity index (χ1n) is 7.70. The van der Waals surface area contributed by atoms with E-state index in [2.05, 4.69) is 35.1 Å². The maximum atomic E-state index is 12.8. The van der Waals surface area contributed by atoms with Gasteiger partial charge in [0.25, 0.3) is 0 Å². The van der Waals surface area contributed by atoms with E-state index in [9.17, 15) is 9.59 Å². The molecule has 1 heterocycles. The fourth-order valence-corrected chi connectivity index (χ4v) is 3.98. The molecule has 1 aromatic carbocycles. The lowest BCUT2D eigenvalue weighted by atomic mass is 9.70. The van der Waals surface area contributed by atoms with Crippen LogP contribution in [0.5, 0.6) is 5.75 Å². The predicted molar refractivity (Wildman–Crippen MR) is 91.2 cm³/mol. The summed E-state index contributed by atoms with van der Waals surface area (Å²) < 4.78 is 6.37. The molecular weight excluding hydrogens is 358 g/mol. The quantitative estimate of drug-likeness (QED) is 0.854. The van der Waals surface area contributed by atoms with Crippen LogP contribution in [-0.4, -0.2) is 18.8 Å².